The molecular formula is C24H24ClF3N6O4. The second-order valence-electron chi connectivity index (χ2n) is 9.71. The number of rotatable bonds is 3. The number of nitrogens with zero attached hydrogens (tertiary/aromatic N) is 5. The van der Waals surface area contributed by atoms with Gasteiger partial charge in [-0.3, -0.25) is 14.6 Å². The summed E-state index contributed by atoms with van der Waals surface area (Å²) in [5.74, 6) is -0.970. The van der Waals surface area contributed by atoms with E-state index in [9.17, 15) is 27.6 Å². The van der Waals surface area contributed by atoms with Crippen LogP contribution in [0, 0.1) is 6.92 Å². The number of imide groups is 1. The molecule has 202 valence electrons. The number of fused-ring (bicyclic) bond motifs is 1. The van der Waals surface area contributed by atoms with Crippen LogP contribution in [0.3, 0.4) is 0 Å². The molecule has 3 aromatic rings. The van der Waals surface area contributed by atoms with Gasteiger partial charge >= 0.3 is 18.3 Å². The molecule has 0 aromatic carbocycles. The zero-order valence-corrected chi connectivity index (χ0v) is 21.8. The lowest BCUT2D eigenvalue weighted by molar-refractivity contribution is -0.137. The molecular weight excluding hydrogens is 529 g/mol. The Kier molecular flexibility index (Phi) is 6.76. The summed E-state index contributed by atoms with van der Waals surface area (Å²) in [5.41, 5.74) is -1.66. The molecule has 1 saturated heterocycles. The number of nitrogens with one attached hydrogen (secondary N) is 1. The van der Waals surface area contributed by atoms with Crippen LogP contribution in [0.2, 0.25) is 5.02 Å². The van der Waals surface area contributed by atoms with Crippen LogP contribution in [0.4, 0.5) is 34.4 Å². The highest BCUT2D eigenvalue weighted by Gasteiger charge is 2.48. The van der Waals surface area contributed by atoms with Gasteiger partial charge in [0.15, 0.2) is 0 Å². The lowest BCUT2D eigenvalue weighted by Crippen LogP contribution is -2.47. The third-order valence-electron chi connectivity index (χ3n) is 5.66. The minimum absolute atomic E-state index is 0.0337. The highest BCUT2D eigenvalue weighted by molar-refractivity contribution is 6.35. The van der Waals surface area contributed by atoms with Crippen molar-refractivity contribution < 1.29 is 32.3 Å². The number of amides is 4. The van der Waals surface area contributed by atoms with Crippen LogP contribution < -0.4 is 9.80 Å². The largest absolute Gasteiger partial charge is 0.443 e. The van der Waals surface area contributed by atoms with E-state index in [1.54, 1.807) is 26.8 Å². The topological polar surface area (TPSA) is 112 Å². The molecule has 4 amide bonds. The predicted molar refractivity (Wildman–Crippen MR) is 133 cm³/mol. The summed E-state index contributed by atoms with van der Waals surface area (Å²) in [4.78, 5) is 53.7. The van der Waals surface area contributed by atoms with Crippen LogP contribution in [0.25, 0.3) is 11.0 Å². The van der Waals surface area contributed by atoms with E-state index in [1.807, 2.05) is 0 Å². The third kappa shape index (κ3) is 5.23. The fourth-order valence-electron chi connectivity index (χ4n) is 3.93. The first-order chi connectivity index (χ1) is 17.6. The first-order valence-corrected chi connectivity index (χ1v) is 11.8. The fourth-order valence-corrected chi connectivity index (χ4v) is 4.14. The predicted octanol–water partition coefficient (Wildman–Crippen LogP) is 5.15. The van der Waals surface area contributed by atoms with Crippen LogP contribution in [0.5, 0.6) is 0 Å². The molecule has 1 aliphatic heterocycles. The lowest BCUT2D eigenvalue weighted by atomic mass is 10.2. The van der Waals surface area contributed by atoms with E-state index in [-0.39, 0.29) is 11.5 Å². The van der Waals surface area contributed by atoms with Crippen molar-refractivity contribution in [1.29, 1.82) is 0 Å². The monoisotopic (exact) mass is 552 g/mol. The molecule has 4 heterocycles. The SMILES string of the molecule is Cc1cc(C(F)(F)F)cc(N2C(=O)N(C(=O)OC(C)(C)C)CC2C(=O)N(C)c2ccc3c(Cl)c[nH]c3n2)n1. The molecule has 38 heavy (non-hydrogen) atoms. The molecule has 0 spiro atoms. The van der Waals surface area contributed by atoms with Gasteiger partial charge < -0.3 is 9.72 Å². The van der Waals surface area contributed by atoms with E-state index in [1.165, 1.54) is 26.2 Å². The van der Waals surface area contributed by atoms with Crippen LogP contribution in [0.15, 0.2) is 30.5 Å². The minimum Gasteiger partial charge on any atom is -0.443 e. The molecule has 1 fully saturated rings. The van der Waals surface area contributed by atoms with Crippen molar-refractivity contribution in [2.75, 3.05) is 23.4 Å². The summed E-state index contributed by atoms with van der Waals surface area (Å²) >= 11 is 6.09. The highest BCUT2D eigenvalue weighted by Crippen LogP contribution is 2.34. The van der Waals surface area contributed by atoms with E-state index in [4.69, 9.17) is 16.3 Å². The Bertz CT molecular complexity index is 1430. The number of ether oxygens (including phenoxy) is 1. The molecule has 1 unspecified atom stereocenters. The Morgan fingerprint density at radius 3 is 2.50 bits per heavy atom. The number of carbonyl (C=O) groups is 3. The van der Waals surface area contributed by atoms with Gasteiger partial charge in [0.25, 0.3) is 5.91 Å². The lowest BCUT2D eigenvalue weighted by Gasteiger charge is -2.26. The first kappa shape index (κ1) is 27.2. The van der Waals surface area contributed by atoms with Crippen LogP contribution in [-0.2, 0) is 15.7 Å². The van der Waals surface area contributed by atoms with E-state index in [0.717, 1.165) is 15.9 Å². The normalized spacial score (nSPS) is 16.3. The summed E-state index contributed by atoms with van der Waals surface area (Å²) in [6, 6.07) is 2.19. The molecule has 4 rings (SSSR count). The van der Waals surface area contributed by atoms with Crippen molar-refractivity contribution in [2.24, 2.45) is 0 Å². The van der Waals surface area contributed by atoms with Gasteiger partial charge in [0.2, 0.25) is 0 Å². The molecule has 0 aliphatic carbocycles. The Labute approximate surface area is 220 Å². The van der Waals surface area contributed by atoms with Gasteiger partial charge in [0, 0.05) is 24.3 Å². The minimum atomic E-state index is -4.73. The van der Waals surface area contributed by atoms with Gasteiger partial charge in [-0.1, -0.05) is 11.6 Å². The quantitative estimate of drug-likeness (QED) is 0.481. The first-order valence-electron chi connectivity index (χ1n) is 11.4. The van der Waals surface area contributed by atoms with Gasteiger partial charge in [-0.05, 0) is 52.0 Å². The fraction of sp³-hybridized carbons (Fsp3) is 0.375. The maximum atomic E-state index is 13.7. The summed E-state index contributed by atoms with van der Waals surface area (Å²) in [7, 11) is 1.39. The van der Waals surface area contributed by atoms with Gasteiger partial charge in [-0.15, -0.1) is 0 Å². The number of aromatic amines is 1. The van der Waals surface area contributed by atoms with E-state index in [2.05, 4.69) is 15.0 Å². The molecule has 1 atom stereocenters. The van der Waals surface area contributed by atoms with Crippen molar-refractivity contribution in [1.82, 2.24) is 19.9 Å². The Morgan fingerprint density at radius 2 is 1.87 bits per heavy atom. The van der Waals surface area contributed by atoms with Crippen molar-refractivity contribution in [3.05, 3.63) is 46.7 Å². The summed E-state index contributed by atoms with van der Waals surface area (Å²) in [5, 5.41) is 1.05. The number of carbonyl (C=O) groups excluding carboxylic acids is 3. The third-order valence-corrected chi connectivity index (χ3v) is 5.98. The molecule has 0 saturated carbocycles. The molecule has 0 bridgehead atoms. The van der Waals surface area contributed by atoms with E-state index in [0.29, 0.717) is 27.0 Å². The molecule has 0 radical (unpaired) electrons. The zero-order chi connectivity index (χ0) is 28.2. The number of H-pyrrole nitrogens is 1. The molecule has 14 heteroatoms. The number of pyridine rings is 2. The average Bonchev–Trinajstić information content (AvgIpc) is 3.35. The second kappa shape index (κ2) is 9.46. The Morgan fingerprint density at radius 1 is 1.18 bits per heavy atom. The number of aryl methyl sites for hydroxylation is 1. The number of urea groups is 1. The summed E-state index contributed by atoms with van der Waals surface area (Å²) in [6.45, 7) is 5.61. The second-order valence-corrected chi connectivity index (χ2v) is 10.1. The number of alkyl halides is 3. The number of likely N-dealkylation sites (N-methyl/N-ethyl adjacent to an activating group) is 1. The van der Waals surface area contributed by atoms with Crippen LogP contribution >= 0.6 is 11.6 Å². The Balaban J connectivity index is 1.75. The van der Waals surface area contributed by atoms with Crippen molar-refractivity contribution >= 4 is 52.3 Å². The molecule has 3 aromatic heterocycles. The van der Waals surface area contributed by atoms with Crippen LogP contribution in [-0.4, -0.2) is 63.1 Å². The van der Waals surface area contributed by atoms with Crippen molar-refractivity contribution in [3.8, 4) is 0 Å². The number of hydrogen-bond acceptors (Lipinski definition) is 6. The Hall–Kier alpha value is -3.87. The number of anilines is 2. The number of hydrogen-bond donors (Lipinski definition) is 1. The average molecular weight is 553 g/mol. The van der Waals surface area contributed by atoms with E-state index >= 15 is 0 Å². The number of aromatic nitrogens is 3. The van der Waals surface area contributed by atoms with E-state index < -0.39 is 53.8 Å². The van der Waals surface area contributed by atoms with Gasteiger partial charge in [-0.2, -0.15) is 13.2 Å². The van der Waals surface area contributed by atoms with Gasteiger partial charge in [0.1, 0.15) is 28.9 Å². The van der Waals surface area contributed by atoms with Crippen LogP contribution in [0.1, 0.15) is 32.0 Å². The molecule has 10 nitrogen and oxygen atoms in total. The highest BCUT2D eigenvalue weighted by atomic mass is 35.5. The maximum Gasteiger partial charge on any atom is 0.418 e. The van der Waals surface area contributed by atoms with Gasteiger partial charge in [-0.25, -0.2) is 24.5 Å². The van der Waals surface area contributed by atoms with Crippen molar-refractivity contribution in [2.45, 2.75) is 45.5 Å². The smallest absolute Gasteiger partial charge is 0.418 e. The summed E-state index contributed by atoms with van der Waals surface area (Å²) in [6.07, 6.45) is -4.25. The standard InChI is InChI=1S/C24H24ClF3N6O4/c1-12-8-13(24(26,27)28)9-18(30-12)34-16(11-33(21(34)36)22(37)38-23(2,3)4)20(35)32(5)17-7-6-14-15(25)10-29-19(14)31-17/h6-10,16H,11H2,1-5H3,(H,29,31). The number of halogens is 4. The zero-order valence-electron chi connectivity index (χ0n) is 21.1. The maximum absolute atomic E-state index is 13.7. The molecule has 1 aliphatic rings. The molecule has 1 N–H and O–H groups in total. The van der Waals surface area contributed by atoms with Crippen molar-refractivity contribution in [3.63, 3.8) is 0 Å². The summed E-state index contributed by atoms with van der Waals surface area (Å²) < 4.78 is 45.9. The van der Waals surface area contributed by atoms with Gasteiger partial charge in [0.05, 0.1) is 17.1 Å².